The van der Waals surface area contributed by atoms with E-state index in [9.17, 15) is 9.59 Å². The Hall–Kier alpha value is -2.09. The van der Waals surface area contributed by atoms with Crippen molar-refractivity contribution in [2.75, 3.05) is 19.8 Å². The summed E-state index contributed by atoms with van der Waals surface area (Å²) in [6.45, 7) is 6.20. The molecule has 1 aromatic heterocycles. The number of aromatic carboxylic acids is 1. The van der Waals surface area contributed by atoms with Crippen molar-refractivity contribution in [2.24, 2.45) is 0 Å². The Morgan fingerprint density at radius 1 is 1.48 bits per heavy atom. The Balaban J connectivity index is 2.18. The summed E-state index contributed by atoms with van der Waals surface area (Å²) in [7, 11) is 0. The van der Waals surface area contributed by atoms with Crippen LogP contribution in [0, 0.1) is 0 Å². The largest absolute Gasteiger partial charge is 0.476 e. The average molecular weight is 298 g/mol. The zero-order valence-electron chi connectivity index (χ0n) is 12.2. The van der Waals surface area contributed by atoms with Crippen LogP contribution < -0.4 is 0 Å². The summed E-state index contributed by atoms with van der Waals surface area (Å²) in [4.78, 5) is 28.3. The highest BCUT2D eigenvalue weighted by Crippen LogP contribution is 2.25. The molecule has 1 atom stereocenters. The molecule has 0 aromatic carbocycles. The molecule has 2 rings (SSSR count). The molecule has 0 aliphatic carbocycles. The number of carbonyl (C=O) groups is 2. The Bertz CT molecular complexity index is 533. The Morgan fingerprint density at radius 3 is 2.76 bits per heavy atom. The molecule has 1 aromatic rings. The normalized spacial score (nSPS) is 19.4. The molecule has 0 spiro atoms. The maximum atomic E-state index is 12.2. The van der Waals surface area contributed by atoms with Crippen LogP contribution in [0.4, 0.5) is 4.79 Å². The number of carbonyl (C=O) groups excluding carboxylic acids is 1. The maximum absolute atomic E-state index is 12.2. The van der Waals surface area contributed by atoms with Gasteiger partial charge in [-0.05, 0) is 20.8 Å². The van der Waals surface area contributed by atoms with E-state index in [1.54, 1.807) is 20.8 Å². The quantitative estimate of drug-likeness (QED) is 0.886. The van der Waals surface area contributed by atoms with Gasteiger partial charge in [-0.15, -0.1) is 0 Å². The molecule has 1 aliphatic heterocycles. The fraction of sp³-hybridized carbons (Fsp3) is 0.615. The molecule has 1 saturated heterocycles. The lowest BCUT2D eigenvalue weighted by Gasteiger charge is -2.34. The van der Waals surface area contributed by atoms with E-state index in [0.717, 1.165) is 6.26 Å². The van der Waals surface area contributed by atoms with E-state index in [2.05, 4.69) is 4.98 Å². The topological polar surface area (TPSA) is 102 Å². The highest BCUT2D eigenvalue weighted by molar-refractivity contribution is 5.84. The second kappa shape index (κ2) is 5.72. The fourth-order valence-corrected chi connectivity index (χ4v) is 1.89. The number of amides is 1. The molecule has 0 bridgehead atoms. The molecule has 1 fully saturated rings. The lowest BCUT2D eigenvalue weighted by Crippen LogP contribution is -2.45. The van der Waals surface area contributed by atoms with Gasteiger partial charge in [0.2, 0.25) is 5.89 Å². The van der Waals surface area contributed by atoms with Crippen LogP contribution in [0.15, 0.2) is 10.7 Å². The summed E-state index contributed by atoms with van der Waals surface area (Å²) >= 11 is 0. The smallest absolute Gasteiger partial charge is 0.411 e. The van der Waals surface area contributed by atoms with Crippen molar-refractivity contribution in [2.45, 2.75) is 32.4 Å². The minimum atomic E-state index is -1.19. The van der Waals surface area contributed by atoms with E-state index >= 15 is 0 Å². The van der Waals surface area contributed by atoms with Crippen LogP contribution in [0.5, 0.6) is 0 Å². The van der Waals surface area contributed by atoms with E-state index < -0.39 is 23.7 Å². The van der Waals surface area contributed by atoms with Gasteiger partial charge in [-0.1, -0.05) is 0 Å². The first kappa shape index (κ1) is 15.3. The number of ether oxygens (including phenoxy) is 2. The first-order valence-corrected chi connectivity index (χ1v) is 6.54. The van der Waals surface area contributed by atoms with E-state index in [1.165, 1.54) is 4.90 Å². The second-order valence-corrected chi connectivity index (χ2v) is 5.64. The SMILES string of the molecule is CC(C)(C)OC(=O)N1CCOCC1c1nc(C(=O)O)co1. The molecule has 1 amide bonds. The molecule has 1 N–H and O–H groups in total. The van der Waals surface area contributed by atoms with Crippen molar-refractivity contribution < 1.29 is 28.6 Å². The third-order valence-corrected chi connectivity index (χ3v) is 2.78. The van der Waals surface area contributed by atoms with Gasteiger partial charge in [-0.3, -0.25) is 4.90 Å². The number of hydrogen-bond donors (Lipinski definition) is 1. The highest BCUT2D eigenvalue weighted by Gasteiger charge is 2.35. The van der Waals surface area contributed by atoms with Crippen LogP contribution in [-0.2, 0) is 9.47 Å². The molecular formula is C13H18N2O6. The summed E-state index contributed by atoms with van der Waals surface area (Å²) in [6.07, 6.45) is 0.533. The lowest BCUT2D eigenvalue weighted by molar-refractivity contribution is -0.0390. The number of aromatic nitrogens is 1. The van der Waals surface area contributed by atoms with Gasteiger partial charge in [0.05, 0.1) is 13.2 Å². The van der Waals surface area contributed by atoms with E-state index in [1.807, 2.05) is 0 Å². The van der Waals surface area contributed by atoms with Crippen LogP contribution in [0.2, 0.25) is 0 Å². The van der Waals surface area contributed by atoms with Crippen LogP contribution in [-0.4, -0.2) is 52.4 Å². The molecule has 1 aliphatic rings. The van der Waals surface area contributed by atoms with Crippen LogP contribution >= 0.6 is 0 Å². The van der Waals surface area contributed by atoms with Crippen molar-refractivity contribution in [1.29, 1.82) is 0 Å². The Morgan fingerprint density at radius 2 is 2.19 bits per heavy atom. The number of carboxylic acid groups (broad SMARTS) is 1. The molecular weight excluding hydrogens is 280 g/mol. The lowest BCUT2D eigenvalue weighted by atomic mass is 10.2. The van der Waals surface area contributed by atoms with Gasteiger partial charge in [0, 0.05) is 6.54 Å². The molecule has 8 heteroatoms. The zero-order chi connectivity index (χ0) is 15.6. The predicted octanol–water partition coefficient (Wildman–Crippen LogP) is 1.68. The van der Waals surface area contributed by atoms with Gasteiger partial charge in [0.25, 0.3) is 0 Å². The summed E-state index contributed by atoms with van der Waals surface area (Å²) < 4.78 is 15.8. The van der Waals surface area contributed by atoms with Crippen LogP contribution in [0.1, 0.15) is 43.2 Å². The van der Waals surface area contributed by atoms with Crippen LogP contribution in [0.3, 0.4) is 0 Å². The van der Waals surface area contributed by atoms with Crippen molar-refractivity contribution in [3.8, 4) is 0 Å². The van der Waals surface area contributed by atoms with Crippen molar-refractivity contribution in [3.05, 3.63) is 17.8 Å². The molecule has 0 radical (unpaired) electrons. The molecule has 1 unspecified atom stereocenters. The molecule has 116 valence electrons. The van der Waals surface area contributed by atoms with Gasteiger partial charge in [-0.25, -0.2) is 14.6 Å². The summed E-state index contributed by atoms with van der Waals surface area (Å²) in [5.41, 5.74) is -0.831. The Kier molecular flexibility index (Phi) is 4.17. The minimum absolute atomic E-state index is 0.123. The van der Waals surface area contributed by atoms with Gasteiger partial charge >= 0.3 is 12.1 Å². The van der Waals surface area contributed by atoms with Crippen molar-refractivity contribution >= 4 is 12.1 Å². The number of carboxylic acids is 1. The number of hydrogen-bond acceptors (Lipinski definition) is 6. The summed E-state index contributed by atoms with van der Waals surface area (Å²) in [5, 5.41) is 8.87. The fourth-order valence-electron chi connectivity index (χ4n) is 1.89. The number of rotatable bonds is 2. The predicted molar refractivity (Wildman–Crippen MR) is 70.0 cm³/mol. The number of oxazole rings is 1. The first-order chi connectivity index (χ1) is 9.78. The first-order valence-electron chi connectivity index (χ1n) is 6.54. The van der Waals surface area contributed by atoms with Crippen molar-refractivity contribution in [1.82, 2.24) is 9.88 Å². The maximum Gasteiger partial charge on any atom is 0.411 e. The zero-order valence-corrected chi connectivity index (χ0v) is 12.2. The third kappa shape index (κ3) is 3.72. The third-order valence-electron chi connectivity index (χ3n) is 2.78. The molecule has 21 heavy (non-hydrogen) atoms. The van der Waals surface area contributed by atoms with Gasteiger partial charge in [0.1, 0.15) is 17.9 Å². The van der Waals surface area contributed by atoms with Crippen molar-refractivity contribution in [3.63, 3.8) is 0 Å². The van der Waals surface area contributed by atoms with Crippen LogP contribution in [0.25, 0.3) is 0 Å². The second-order valence-electron chi connectivity index (χ2n) is 5.64. The average Bonchev–Trinajstić information content (AvgIpc) is 2.86. The minimum Gasteiger partial charge on any atom is -0.476 e. The standard InChI is InChI=1S/C13H18N2O6/c1-13(2,3)21-12(18)15-4-5-19-7-9(15)10-14-8(6-20-10)11(16)17/h6,9H,4-5,7H2,1-3H3,(H,16,17). The number of nitrogens with zero attached hydrogens (tertiary/aromatic N) is 2. The van der Waals surface area contributed by atoms with E-state index in [4.69, 9.17) is 19.0 Å². The monoisotopic (exact) mass is 298 g/mol. The van der Waals surface area contributed by atoms with Gasteiger partial charge in [0.15, 0.2) is 5.69 Å². The number of morpholine rings is 1. The summed E-state index contributed by atoms with van der Waals surface area (Å²) in [5.74, 6) is -1.07. The van der Waals surface area contributed by atoms with E-state index in [0.29, 0.717) is 13.2 Å². The van der Waals surface area contributed by atoms with Gasteiger partial charge in [-0.2, -0.15) is 0 Å². The molecule has 8 nitrogen and oxygen atoms in total. The molecule has 0 saturated carbocycles. The molecule has 2 heterocycles. The highest BCUT2D eigenvalue weighted by atomic mass is 16.6. The summed E-state index contributed by atoms with van der Waals surface area (Å²) in [6, 6.07) is -0.596. The van der Waals surface area contributed by atoms with E-state index in [-0.39, 0.29) is 18.2 Å². The Labute approximate surface area is 121 Å². The van der Waals surface area contributed by atoms with Gasteiger partial charge < -0.3 is 19.0 Å².